The second-order valence-corrected chi connectivity index (χ2v) is 4.83. The molecule has 0 aliphatic rings. The predicted molar refractivity (Wildman–Crippen MR) is 75.4 cm³/mol. The first-order valence-electron chi connectivity index (χ1n) is 5.53. The van der Waals surface area contributed by atoms with E-state index in [0.29, 0.717) is 39.3 Å². The van der Waals surface area contributed by atoms with E-state index in [1.54, 1.807) is 18.2 Å². The summed E-state index contributed by atoms with van der Waals surface area (Å²) in [6.07, 6.45) is 1.86. The molecule has 5 nitrogen and oxygen atoms in total. The Morgan fingerprint density at radius 2 is 1.89 bits per heavy atom. The van der Waals surface area contributed by atoms with Gasteiger partial charge in [0.25, 0.3) is 0 Å². The van der Waals surface area contributed by atoms with Crippen LogP contribution in [0.4, 0.5) is 5.82 Å². The Balaban J connectivity index is 2.04. The Morgan fingerprint density at radius 3 is 2.58 bits per heavy atom. The summed E-state index contributed by atoms with van der Waals surface area (Å²) in [4.78, 5) is 15.4. The number of hydrogen-bond donors (Lipinski definition) is 2. The molecular weight excluding hydrogens is 285 g/mol. The molecule has 0 bridgehead atoms. The van der Waals surface area contributed by atoms with Crippen molar-refractivity contribution in [2.75, 3.05) is 5.73 Å². The number of H-pyrrole nitrogens is 1. The molecule has 7 heteroatoms. The summed E-state index contributed by atoms with van der Waals surface area (Å²) in [5, 5.41) is 1.21. The summed E-state index contributed by atoms with van der Waals surface area (Å²) >= 11 is 12.3. The van der Waals surface area contributed by atoms with Crippen LogP contribution in [-0.4, -0.2) is 19.9 Å². The lowest BCUT2D eigenvalue weighted by molar-refractivity contribution is 1.03. The van der Waals surface area contributed by atoms with Crippen molar-refractivity contribution in [2.24, 2.45) is 0 Å². The first kappa shape index (κ1) is 12.2. The molecule has 3 aromatic rings. The minimum atomic E-state index is 0.369. The van der Waals surface area contributed by atoms with E-state index in [4.69, 9.17) is 28.9 Å². The zero-order valence-corrected chi connectivity index (χ0v) is 11.2. The third kappa shape index (κ3) is 2.22. The van der Waals surface area contributed by atoms with E-state index in [0.717, 1.165) is 5.56 Å². The highest BCUT2D eigenvalue weighted by molar-refractivity contribution is 6.36. The normalized spacial score (nSPS) is 11.1. The van der Waals surface area contributed by atoms with Crippen LogP contribution < -0.4 is 5.73 Å². The van der Waals surface area contributed by atoms with Gasteiger partial charge in [0.1, 0.15) is 17.7 Å². The number of nitrogens with two attached hydrogens (primary N) is 1. The highest BCUT2D eigenvalue weighted by Gasteiger charge is 2.11. The number of nitrogen functional groups attached to an aromatic ring is 1. The van der Waals surface area contributed by atoms with Crippen molar-refractivity contribution >= 4 is 40.2 Å². The van der Waals surface area contributed by atoms with Crippen LogP contribution in [-0.2, 0) is 6.42 Å². The summed E-state index contributed by atoms with van der Waals surface area (Å²) in [6.45, 7) is 0. The van der Waals surface area contributed by atoms with Gasteiger partial charge < -0.3 is 10.7 Å². The summed E-state index contributed by atoms with van der Waals surface area (Å²) in [5.74, 6) is 1.06. The van der Waals surface area contributed by atoms with Crippen molar-refractivity contribution in [2.45, 2.75) is 6.42 Å². The summed E-state index contributed by atoms with van der Waals surface area (Å²) in [7, 11) is 0. The number of hydrogen-bond acceptors (Lipinski definition) is 4. The Kier molecular flexibility index (Phi) is 3.00. The molecule has 0 fully saturated rings. The quantitative estimate of drug-likeness (QED) is 0.761. The molecular formula is C12H9Cl2N5. The third-order valence-corrected chi connectivity index (χ3v) is 3.48. The molecule has 0 unspecified atom stereocenters. The van der Waals surface area contributed by atoms with Gasteiger partial charge in [-0.15, -0.1) is 0 Å². The molecule has 0 saturated carbocycles. The lowest BCUT2D eigenvalue weighted by Crippen LogP contribution is -1.93. The van der Waals surface area contributed by atoms with Gasteiger partial charge in [-0.3, -0.25) is 0 Å². The molecule has 0 saturated heterocycles. The van der Waals surface area contributed by atoms with Gasteiger partial charge in [-0.2, -0.15) is 0 Å². The smallest absolute Gasteiger partial charge is 0.183 e. The van der Waals surface area contributed by atoms with Crippen LogP contribution in [0.1, 0.15) is 11.4 Å². The molecule has 3 N–H and O–H groups in total. The number of nitrogens with zero attached hydrogens (tertiary/aromatic N) is 3. The van der Waals surface area contributed by atoms with Crippen LogP contribution in [0.3, 0.4) is 0 Å². The van der Waals surface area contributed by atoms with Crippen LogP contribution in [0.5, 0.6) is 0 Å². The Morgan fingerprint density at radius 1 is 1.16 bits per heavy atom. The van der Waals surface area contributed by atoms with E-state index in [-0.39, 0.29) is 0 Å². The van der Waals surface area contributed by atoms with Crippen molar-refractivity contribution < 1.29 is 0 Å². The number of fused-ring (bicyclic) bond motifs is 1. The van der Waals surface area contributed by atoms with Crippen molar-refractivity contribution in [1.29, 1.82) is 0 Å². The van der Waals surface area contributed by atoms with Crippen LogP contribution in [0.25, 0.3) is 11.2 Å². The van der Waals surface area contributed by atoms with Gasteiger partial charge in [0, 0.05) is 16.5 Å². The summed E-state index contributed by atoms with van der Waals surface area (Å²) in [6, 6.07) is 5.38. The van der Waals surface area contributed by atoms with Crippen molar-refractivity contribution in [3.05, 3.63) is 46.0 Å². The van der Waals surface area contributed by atoms with E-state index in [9.17, 15) is 0 Å². The number of nitrogens with one attached hydrogen (secondary N) is 1. The highest BCUT2D eigenvalue weighted by atomic mass is 35.5. The number of rotatable bonds is 2. The topological polar surface area (TPSA) is 80.5 Å². The SMILES string of the molecule is Nc1ncnc2nc(Cc3c(Cl)cccc3Cl)[nH]c12. The van der Waals surface area contributed by atoms with Crippen molar-refractivity contribution in [1.82, 2.24) is 19.9 Å². The number of aromatic nitrogens is 4. The van der Waals surface area contributed by atoms with E-state index in [1.807, 2.05) is 0 Å². The van der Waals surface area contributed by atoms with Gasteiger partial charge in [0.15, 0.2) is 11.5 Å². The minimum absolute atomic E-state index is 0.369. The van der Waals surface area contributed by atoms with Crippen LogP contribution in [0.2, 0.25) is 10.0 Å². The lowest BCUT2D eigenvalue weighted by atomic mass is 10.1. The zero-order chi connectivity index (χ0) is 13.4. The lowest BCUT2D eigenvalue weighted by Gasteiger charge is -2.04. The monoisotopic (exact) mass is 293 g/mol. The van der Waals surface area contributed by atoms with Gasteiger partial charge in [-0.05, 0) is 17.7 Å². The maximum Gasteiger partial charge on any atom is 0.183 e. The third-order valence-electron chi connectivity index (χ3n) is 2.77. The molecule has 3 rings (SSSR count). The Labute approximate surface area is 118 Å². The molecule has 2 aromatic heterocycles. The van der Waals surface area contributed by atoms with Crippen LogP contribution in [0, 0.1) is 0 Å². The van der Waals surface area contributed by atoms with Gasteiger partial charge in [0.05, 0.1) is 0 Å². The van der Waals surface area contributed by atoms with Gasteiger partial charge in [-0.25, -0.2) is 15.0 Å². The number of halogens is 2. The van der Waals surface area contributed by atoms with Gasteiger partial charge >= 0.3 is 0 Å². The predicted octanol–water partition coefficient (Wildman–Crippen LogP) is 2.83. The minimum Gasteiger partial charge on any atom is -0.382 e. The average Bonchev–Trinajstić information content (AvgIpc) is 2.78. The van der Waals surface area contributed by atoms with Gasteiger partial charge in [0.2, 0.25) is 0 Å². The Hall–Kier alpha value is -1.85. The number of aromatic amines is 1. The fourth-order valence-corrected chi connectivity index (χ4v) is 2.38. The number of imidazole rings is 1. The summed E-state index contributed by atoms with van der Waals surface area (Å²) in [5.41, 5.74) is 7.72. The molecule has 0 aliphatic heterocycles. The first-order valence-corrected chi connectivity index (χ1v) is 6.28. The van der Waals surface area contributed by atoms with E-state index >= 15 is 0 Å². The first-order chi connectivity index (χ1) is 9.15. The summed E-state index contributed by atoms with van der Waals surface area (Å²) < 4.78 is 0. The number of anilines is 1. The van der Waals surface area contributed by atoms with Crippen LogP contribution >= 0.6 is 23.2 Å². The van der Waals surface area contributed by atoms with Crippen LogP contribution in [0.15, 0.2) is 24.5 Å². The standard InChI is InChI=1S/C12H9Cl2N5/c13-7-2-1-3-8(14)6(7)4-9-18-10-11(15)16-5-17-12(10)19-9/h1-3,5H,4H2,(H3,15,16,17,18,19). The Bertz CT molecular complexity index is 733. The largest absolute Gasteiger partial charge is 0.382 e. The second kappa shape index (κ2) is 4.68. The maximum absolute atomic E-state index is 6.13. The number of benzene rings is 1. The molecule has 0 spiro atoms. The molecule has 96 valence electrons. The highest BCUT2D eigenvalue weighted by Crippen LogP contribution is 2.26. The van der Waals surface area contributed by atoms with E-state index in [2.05, 4.69) is 19.9 Å². The molecule has 0 radical (unpaired) electrons. The molecule has 0 aliphatic carbocycles. The molecule has 19 heavy (non-hydrogen) atoms. The zero-order valence-electron chi connectivity index (χ0n) is 9.69. The molecule has 0 atom stereocenters. The van der Waals surface area contributed by atoms with E-state index in [1.165, 1.54) is 6.33 Å². The maximum atomic E-state index is 6.13. The average molecular weight is 294 g/mol. The molecule has 1 aromatic carbocycles. The van der Waals surface area contributed by atoms with Crippen molar-refractivity contribution in [3.63, 3.8) is 0 Å². The molecule has 0 amide bonds. The van der Waals surface area contributed by atoms with Crippen molar-refractivity contribution in [3.8, 4) is 0 Å². The fraction of sp³-hybridized carbons (Fsp3) is 0.0833. The van der Waals surface area contributed by atoms with Gasteiger partial charge in [-0.1, -0.05) is 29.3 Å². The van der Waals surface area contributed by atoms with E-state index < -0.39 is 0 Å². The second-order valence-electron chi connectivity index (χ2n) is 4.02. The molecule has 2 heterocycles. The fourth-order valence-electron chi connectivity index (χ4n) is 1.85.